The lowest BCUT2D eigenvalue weighted by Gasteiger charge is -2.21. The minimum Gasteiger partial charge on any atom is -0.388 e. The van der Waals surface area contributed by atoms with E-state index in [0.29, 0.717) is 0 Å². The van der Waals surface area contributed by atoms with Crippen LogP contribution in [0.4, 0.5) is 0 Å². The highest BCUT2D eigenvalue weighted by Gasteiger charge is 2.27. The fraction of sp³-hybridized carbons (Fsp3) is 0.500. The van der Waals surface area contributed by atoms with E-state index in [1.54, 1.807) is 5.56 Å². The van der Waals surface area contributed by atoms with Crippen LogP contribution in [0.2, 0.25) is 0 Å². The molecular weight excluding hydrogens is 302 g/mol. The van der Waals surface area contributed by atoms with E-state index in [1.165, 1.54) is 37.0 Å². The Bertz CT molecular complexity index is 601. The summed E-state index contributed by atoms with van der Waals surface area (Å²) in [5.74, 6) is 0.745. The first-order valence-corrected chi connectivity index (χ1v) is 10.1. The van der Waals surface area contributed by atoms with Crippen molar-refractivity contribution in [3.8, 4) is 0 Å². The van der Waals surface area contributed by atoms with E-state index >= 15 is 0 Å². The second-order valence-corrected chi connectivity index (χ2v) is 8.37. The molecule has 0 bridgehead atoms. The molecule has 2 atom stereocenters. The zero-order chi connectivity index (χ0) is 16.1. The van der Waals surface area contributed by atoms with Crippen LogP contribution in [0, 0.1) is 0 Å². The third-order valence-corrected chi connectivity index (χ3v) is 6.88. The van der Waals surface area contributed by atoms with E-state index in [0.717, 1.165) is 24.3 Å². The van der Waals surface area contributed by atoms with Gasteiger partial charge in [-0.2, -0.15) is 0 Å². The molecule has 1 aliphatic carbocycles. The average Bonchev–Trinajstić information content (AvgIpc) is 3.04. The summed E-state index contributed by atoms with van der Waals surface area (Å²) in [7, 11) is 2.11. The SMILES string of the molecule is CN[s+]1ccc(C2CCCCC2)c1CCC(O)c1ccccc1. The molecule has 0 amide bonds. The van der Waals surface area contributed by atoms with Crippen LogP contribution in [0.3, 0.4) is 0 Å². The van der Waals surface area contributed by atoms with Crippen molar-refractivity contribution in [1.82, 2.24) is 0 Å². The molecule has 1 aromatic heterocycles. The van der Waals surface area contributed by atoms with Gasteiger partial charge in [0.05, 0.1) is 16.8 Å². The molecule has 0 spiro atoms. The Morgan fingerprint density at radius 3 is 2.57 bits per heavy atom. The first kappa shape index (κ1) is 16.7. The van der Waals surface area contributed by atoms with Gasteiger partial charge in [0.1, 0.15) is 0 Å². The van der Waals surface area contributed by atoms with Crippen LogP contribution in [0.25, 0.3) is 0 Å². The molecule has 2 nitrogen and oxygen atoms in total. The summed E-state index contributed by atoms with van der Waals surface area (Å²) >= 11 is 0. The summed E-state index contributed by atoms with van der Waals surface area (Å²) in [5.41, 5.74) is 2.60. The fourth-order valence-electron chi connectivity index (χ4n) is 3.78. The number of aliphatic hydroxyl groups is 1. The van der Waals surface area contributed by atoms with E-state index in [2.05, 4.69) is 16.2 Å². The van der Waals surface area contributed by atoms with E-state index in [9.17, 15) is 5.11 Å². The largest absolute Gasteiger partial charge is 0.388 e. The quantitative estimate of drug-likeness (QED) is 0.702. The van der Waals surface area contributed by atoms with Crippen LogP contribution in [-0.4, -0.2) is 12.2 Å². The lowest BCUT2D eigenvalue weighted by Crippen LogP contribution is -2.07. The Morgan fingerprint density at radius 2 is 1.87 bits per heavy atom. The van der Waals surface area contributed by atoms with Gasteiger partial charge in [0.15, 0.2) is 10.3 Å². The Hall–Kier alpha value is -1.16. The van der Waals surface area contributed by atoms with Crippen LogP contribution in [-0.2, 0) is 6.42 Å². The summed E-state index contributed by atoms with van der Waals surface area (Å²) in [5, 5.41) is 12.8. The van der Waals surface area contributed by atoms with E-state index in [-0.39, 0.29) is 16.8 Å². The fourth-order valence-corrected chi connectivity index (χ4v) is 5.43. The van der Waals surface area contributed by atoms with Crippen LogP contribution in [0.5, 0.6) is 0 Å². The maximum Gasteiger partial charge on any atom is 0.175 e. The van der Waals surface area contributed by atoms with Crippen molar-refractivity contribution >= 4 is 10.7 Å². The van der Waals surface area contributed by atoms with Crippen molar-refractivity contribution in [1.29, 1.82) is 0 Å². The number of rotatable bonds is 6. The molecule has 1 aromatic carbocycles. The lowest BCUT2D eigenvalue weighted by molar-refractivity contribution is 0.168. The molecule has 1 aliphatic rings. The zero-order valence-corrected chi connectivity index (χ0v) is 14.8. The Labute approximate surface area is 142 Å². The Balaban J connectivity index is 1.72. The van der Waals surface area contributed by atoms with Crippen molar-refractivity contribution in [2.24, 2.45) is 0 Å². The van der Waals surface area contributed by atoms with Gasteiger partial charge in [-0.3, -0.25) is 0 Å². The van der Waals surface area contributed by atoms with Crippen molar-refractivity contribution in [3.63, 3.8) is 0 Å². The van der Waals surface area contributed by atoms with E-state index in [1.807, 2.05) is 37.4 Å². The minimum atomic E-state index is -0.362. The van der Waals surface area contributed by atoms with Gasteiger partial charge in [0, 0.05) is 25.1 Å². The molecule has 2 unspecified atom stereocenters. The Kier molecular flexibility index (Phi) is 5.87. The topological polar surface area (TPSA) is 32.3 Å². The maximum absolute atomic E-state index is 10.5. The smallest absolute Gasteiger partial charge is 0.175 e. The number of nitrogens with one attached hydrogen (secondary N) is 1. The van der Waals surface area contributed by atoms with Crippen LogP contribution >= 0.6 is 10.7 Å². The molecular formula is C20H28NOS+. The predicted octanol–water partition coefficient (Wildman–Crippen LogP) is 5.32. The molecule has 0 aliphatic heterocycles. The maximum atomic E-state index is 10.5. The number of thiophene rings is 1. The van der Waals surface area contributed by atoms with Gasteiger partial charge in [0.2, 0.25) is 0 Å². The molecule has 23 heavy (non-hydrogen) atoms. The summed E-state index contributed by atoms with van der Waals surface area (Å²) in [6.07, 6.45) is 8.25. The lowest BCUT2D eigenvalue weighted by atomic mass is 9.84. The highest BCUT2D eigenvalue weighted by Crippen LogP contribution is 2.40. The monoisotopic (exact) mass is 330 g/mol. The molecule has 0 saturated heterocycles. The molecule has 2 N–H and O–H groups in total. The molecule has 124 valence electrons. The normalized spacial score (nSPS) is 18.1. The number of hydrogen-bond acceptors (Lipinski definition) is 2. The van der Waals surface area contributed by atoms with Crippen LogP contribution in [0.1, 0.15) is 66.6 Å². The minimum absolute atomic E-state index is 0.0613. The highest BCUT2D eigenvalue weighted by atomic mass is 32.2. The standard InChI is InChI=1S/C20H28NOS/c1-21-23-15-14-18(16-8-4-2-5-9-16)20(23)13-12-19(22)17-10-6-3-7-11-17/h3,6-7,10-11,14-16,19,21-22H,2,4-5,8-9,12-13H2,1H3/q+1. The third-order valence-electron chi connectivity index (χ3n) is 5.07. The summed E-state index contributed by atoms with van der Waals surface area (Å²) in [6.45, 7) is 0. The molecule has 3 rings (SSSR count). The van der Waals surface area contributed by atoms with Crippen molar-refractivity contribution in [2.75, 3.05) is 11.8 Å². The third kappa shape index (κ3) is 4.03. The van der Waals surface area contributed by atoms with Gasteiger partial charge >= 0.3 is 0 Å². The molecule has 2 aromatic rings. The molecule has 1 heterocycles. The number of aliphatic hydroxyl groups excluding tert-OH is 1. The van der Waals surface area contributed by atoms with E-state index < -0.39 is 0 Å². The molecule has 1 fully saturated rings. The molecule has 3 heteroatoms. The van der Waals surface area contributed by atoms with Crippen LogP contribution in [0.15, 0.2) is 41.8 Å². The Morgan fingerprint density at radius 1 is 1.13 bits per heavy atom. The van der Waals surface area contributed by atoms with Crippen molar-refractivity contribution in [2.45, 2.75) is 57.0 Å². The van der Waals surface area contributed by atoms with Gasteiger partial charge in [-0.15, -0.1) is 4.72 Å². The molecule has 1 saturated carbocycles. The summed E-state index contributed by atoms with van der Waals surface area (Å²) in [4.78, 5) is 1.54. The van der Waals surface area contributed by atoms with Crippen molar-refractivity contribution in [3.05, 3.63) is 57.8 Å². The van der Waals surface area contributed by atoms with Gasteiger partial charge in [-0.1, -0.05) is 49.6 Å². The highest BCUT2D eigenvalue weighted by molar-refractivity contribution is 7.31. The average molecular weight is 331 g/mol. The van der Waals surface area contributed by atoms with Gasteiger partial charge in [-0.25, -0.2) is 0 Å². The first-order valence-electron chi connectivity index (χ1n) is 8.84. The van der Waals surface area contributed by atoms with E-state index in [4.69, 9.17) is 0 Å². The van der Waals surface area contributed by atoms with Crippen molar-refractivity contribution < 1.29 is 5.11 Å². The second kappa shape index (κ2) is 8.09. The van der Waals surface area contributed by atoms with Crippen LogP contribution < -0.4 is 4.72 Å². The summed E-state index contributed by atoms with van der Waals surface area (Å²) in [6, 6.07) is 12.4. The van der Waals surface area contributed by atoms with Gasteiger partial charge in [-0.05, 0) is 30.7 Å². The first-order chi connectivity index (χ1) is 11.3. The van der Waals surface area contributed by atoms with Gasteiger partial charge < -0.3 is 5.11 Å². The van der Waals surface area contributed by atoms with Gasteiger partial charge in [0.25, 0.3) is 0 Å². The molecule has 0 radical (unpaired) electrons. The predicted molar refractivity (Wildman–Crippen MR) is 99.8 cm³/mol. The summed E-state index contributed by atoms with van der Waals surface area (Å²) < 4.78 is 3.45. The number of benzene rings is 1. The number of hydrogen-bond donors (Lipinski definition) is 2. The zero-order valence-electron chi connectivity index (χ0n) is 14.0. The second-order valence-electron chi connectivity index (χ2n) is 6.52.